The van der Waals surface area contributed by atoms with Crippen molar-refractivity contribution in [3.05, 3.63) is 107 Å². The van der Waals surface area contributed by atoms with Crippen LogP contribution in [0.1, 0.15) is 37.8 Å². The predicted octanol–water partition coefficient (Wildman–Crippen LogP) is 3.20. The lowest BCUT2D eigenvalue weighted by molar-refractivity contribution is 0.102. The Balaban J connectivity index is 1.72. The Hall–Kier alpha value is -4.40. The molecule has 154 valence electrons. The molecule has 2 N–H and O–H groups in total. The number of tetrazole rings is 1. The van der Waals surface area contributed by atoms with E-state index >= 15 is 0 Å². The Morgan fingerprint density at radius 3 is 2.58 bits per heavy atom. The number of carbonyl (C=O) groups excluding carboxylic acids is 2. The molecular weight excluding hydrogens is 401 g/mol. The largest absolute Gasteiger partial charge is 0.504 e. The number of rotatable bonds is 7. The summed E-state index contributed by atoms with van der Waals surface area (Å²) in [5, 5.41) is 22.7. The molecule has 4 rings (SSSR count). The van der Waals surface area contributed by atoms with E-state index in [2.05, 4.69) is 20.6 Å². The molecule has 0 unspecified atom stereocenters. The maximum absolute atomic E-state index is 13.6. The number of hydrogen-bond acceptors (Lipinski definition) is 6. The number of H-pyrrole nitrogens is 1. The highest BCUT2D eigenvalue weighted by Gasteiger charge is 2.19. The third-order valence-corrected chi connectivity index (χ3v) is 4.53. The van der Waals surface area contributed by atoms with Gasteiger partial charge in [0.2, 0.25) is 11.6 Å². The second-order valence-corrected chi connectivity index (χ2v) is 6.70. The van der Waals surface area contributed by atoms with E-state index in [-0.39, 0.29) is 29.4 Å². The van der Waals surface area contributed by atoms with Gasteiger partial charge in [-0.15, -0.1) is 10.2 Å². The number of carbonyl (C=O) groups is 2. The van der Waals surface area contributed by atoms with Gasteiger partial charge in [-0.1, -0.05) is 42.5 Å². The maximum atomic E-state index is 13.6. The molecule has 0 saturated carbocycles. The minimum absolute atomic E-state index is 0.131. The first-order valence-corrected chi connectivity index (χ1v) is 9.24. The summed E-state index contributed by atoms with van der Waals surface area (Å²) in [7, 11) is 0. The van der Waals surface area contributed by atoms with E-state index in [0.29, 0.717) is 11.1 Å². The lowest BCUT2D eigenvalue weighted by Crippen LogP contribution is -2.10. The fraction of sp³-hybridized carbons (Fsp3) is 0.0455. The smallest absolute Gasteiger partial charge is 0.239 e. The molecule has 0 bridgehead atoms. The van der Waals surface area contributed by atoms with E-state index in [4.69, 9.17) is 0 Å². The molecular formula is C22H16FN5O3. The number of nitrogens with zero attached hydrogens (tertiary/aromatic N) is 4. The van der Waals surface area contributed by atoms with Crippen LogP contribution in [0, 0.1) is 5.82 Å². The molecule has 0 aliphatic carbocycles. The van der Waals surface area contributed by atoms with E-state index in [1.165, 1.54) is 24.4 Å². The number of aromatic amines is 1. The molecule has 0 aliphatic rings. The first kappa shape index (κ1) is 19.9. The minimum atomic E-state index is -0.553. The van der Waals surface area contributed by atoms with Crippen molar-refractivity contribution in [2.45, 2.75) is 6.54 Å². The van der Waals surface area contributed by atoms with E-state index in [1.54, 1.807) is 47.0 Å². The normalized spacial score (nSPS) is 11.5. The van der Waals surface area contributed by atoms with Crippen molar-refractivity contribution in [3.63, 3.8) is 0 Å². The molecule has 0 spiro atoms. The monoisotopic (exact) mass is 417 g/mol. The van der Waals surface area contributed by atoms with Gasteiger partial charge in [0.25, 0.3) is 0 Å². The molecule has 2 aromatic heterocycles. The topological polar surface area (TPSA) is 114 Å². The average molecular weight is 417 g/mol. The third-order valence-electron chi connectivity index (χ3n) is 4.53. The van der Waals surface area contributed by atoms with Crippen LogP contribution in [0.15, 0.2) is 72.9 Å². The van der Waals surface area contributed by atoms with Crippen LogP contribution in [0.2, 0.25) is 0 Å². The van der Waals surface area contributed by atoms with E-state index in [0.717, 1.165) is 6.08 Å². The standard InChI is InChI=1S/C22H16FN5O3/c23-17-8-4-5-14(9-17)12-28-13-16(19(29)11-20(30)22-24-26-27-25-22)10-18(28)21(31)15-6-2-1-3-7-15/h1-11,13,30H,12H2,(H,24,25,26,27). The van der Waals surface area contributed by atoms with Crippen molar-refractivity contribution in [1.82, 2.24) is 25.2 Å². The third kappa shape index (κ3) is 4.45. The van der Waals surface area contributed by atoms with E-state index in [1.807, 2.05) is 0 Å². The van der Waals surface area contributed by atoms with Crippen molar-refractivity contribution < 1.29 is 19.1 Å². The quantitative estimate of drug-likeness (QED) is 0.271. The highest BCUT2D eigenvalue weighted by Crippen LogP contribution is 2.18. The summed E-state index contributed by atoms with van der Waals surface area (Å²) >= 11 is 0. The second kappa shape index (κ2) is 8.54. The van der Waals surface area contributed by atoms with Crippen molar-refractivity contribution in [3.8, 4) is 0 Å². The van der Waals surface area contributed by atoms with Crippen LogP contribution in [0.5, 0.6) is 0 Å². The highest BCUT2D eigenvalue weighted by atomic mass is 19.1. The number of nitrogens with one attached hydrogen (secondary N) is 1. The summed E-state index contributed by atoms with van der Waals surface area (Å²) in [6.07, 6.45) is 2.44. The lowest BCUT2D eigenvalue weighted by atomic mass is 10.1. The Labute approximate surface area is 175 Å². The first-order valence-electron chi connectivity index (χ1n) is 9.24. The van der Waals surface area contributed by atoms with Gasteiger partial charge in [-0.3, -0.25) is 9.59 Å². The van der Waals surface area contributed by atoms with E-state index < -0.39 is 17.4 Å². The van der Waals surface area contributed by atoms with Gasteiger partial charge in [-0.05, 0) is 29.0 Å². The van der Waals surface area contributed by atoms with Crippen LogP contribution in [-0.4, -0.2) is 41.9 Å². The minimum Gasteiger partial charge on any atom is -0.504 e. The molecule has 31 heavy (non-hydrogen) atoms. The number of aromatic nitrogens is 5. The van der Waals surface area contributed by atoms with Gasteiger partial charge in [-0.2, -0.15) is 5.21 Å². The van der Waals surface area contributed by atoms with Crippen molar-refractivity contribution in [1.29, 1.82) is 0 Å². The number of hydrogen-bond donors (Lipinski definition) is 2. The van der Waals surface area contributed by atoms with Crippen molar-refractivity contribution in [2.24, 2.45) is 0 Å². The Bertz CT molecular complexity index is 1260. The summed E-state index contributed by atoms with van der Waals surface area (Å²) in [4.78, 5) is 25.7. The van der Waals surface area contributed by atoms with Crippen LogP contribution >= 0.6 is 0 Å². The van der Waals surface area contributed by atoms with Crippen molar-refractivity contribution in [2.75, 3.05) is 0 Å². The second-order valence-electron chi connectivity index (χ2n) is 6.70. The Morgan fingerprint density at radius 2 is 1.87 bits per heavy atom. The van der Waals surface area contributed by atoms with Crippen LogP contribution in [0.25, 0.3) is 5.76 Å². The zero-order chi connectivity index (χ0) is 21.8. The van der Waals surface area contributed by atoms with Gasteiger partial charge in [0, 0.05) is 29.9 Å². The first-order chi connectivity index (χ1) is 15.0. The van der Waals surface area contributed by atoms with Crippen LogP contribution in [0.4, 0.5) is 4.39 Å². The Morgan fingerprint density at radius 1 is 1.06 bits per heavy atom. The average Bonchev–Trinajstić information content (AvgIpc) is 3.44. The molecule has 0 atom stereocenters. The number of benzene rings is 2. The van der Waals surface area contributed by atoms with Gasteiger partial charge < -0.3 is 9.67 Å². The summed E-state index contributed by atoms with van der Waals surface area (Å²) in [6, 6.07) is 16.1. The zero-order valence-electron chi connectivity index (χ0n) is 16.1. The molecule has 9 heteroatoms. The van der Waals surface area contributed by atoms with Crippen LogP contribution in [0.3, 0.4) is 0 Å². The number of aliphatic hydroxyl groups is 1. The number of allylic oxidation sites excluding steroid dienone is 1. The van der Waals surface area contributed by atoms with Gasteiger partial charge >= 0.3 is 0 Å². The molecule has 0 aliphatic heterocycles. The molecule has 2 aromatic carbocycles. The summed E-state index contributed by atoms with van der Waals surface area (Å²) in [5.74, 6) is -1.84. The van der Waals surface area contributed by atoms with Crippen LogP contribution < -0.4 is 0 Å². The molecule has 0 saturated heterocycles. The summed E-state index contributed by atoms with van der Waals surface area (Å²) in [5.41, 5.74) is 1.50. The molecule has 8 nitrogen and oxygen atoms in total. The molecule has 4 aromatic rings. The molecule has 0 amide bonds. The van der Waals surface area contributed by atoms with Gasteiger partial charge in [0.05, 0.1) is 5.69 Å². The van der Waals surface area contributed by atoms with Gasteiger partial charge in [0.15, 0.2) is 11.5 Å². The summed E-state index contributed by atoms with van der Waals surface area (Å²) in [6.45, 7) is 0.180. The maximum Gasteiger partial charge on any atom is 0.239 e. The fourth-order valence-corrected chi connectivity index (χ4v) is 3.08. The van der Waals surface area contributed by atoms with Crippen molar-refractivity contribution >= 4 is 17.3 Å². The molecule has 0 radical (unpaired) electrons. The van der Waals surface area contributed by atoms with Crippen LogP contribution in [-0.2, 0) is 6.54 Å². The summed E-state index contributed by atoms with van der Waals surface area (Å²) < 4.78 is 15.2. The zero-order valence-corrected chi connectivity index (χ0v) is 16.1. The number of halogens is 1. The number of ketones is 2. The number of aliphatic hydroxyl groups excluding tert-OH is 1. The Kier molecular flexibility index (Phi) is 5.48. The molecule has 0 fully saturated rings. The fourth-order valence-electron chi connectivity index (χ4n) is 3.08. The highest BCUT2D eigenvalue weighted by molar-refractivity contribution is 6.12. The van der Waals surface area contributed by atoms with Gasteiger partial charge in [0.1, 0.15) is 5.82 Å². The van der Waals surface area contributed by atoms with E-state index in [9.17, 15) is 19.1 Å². The lowest BCUT2D eigenvalue weighted by Gasteiger charge is -2.09. The van der Waals surface area contributed by atoms with Gasteiger partial charge in [-0.25, -0.2) is 4.39 Å². The molecule has 2 heterocycles. The predicted molar refractivity (Wildman–Crippen MR) is 109 cm³/mol. The SMILES string of the molecule is O=C(C=C(O)c1nn[nH]n1)c1cc(C(=O)c2ccccc2)n(Cc2cccc(F)c2)c1.